The van der Waals surface area contributed by atoms with Gasteiger partial charge in [-0.1, -0.05) is 0 Å². The van der Waals surface area contributed by atoms with Gasteiger partial charge in [-0.25, -0.2) is 8.78 Å². The number of carbonyl (C=O) groups is 1. The predicted molar refractivity (Wildman–Crippen MR) is 36.5 cm³/mol. The molecule has 0 aliphatic carbocycles. The van der Waals surface area contributed by atoms with Crippen molar-refractivity contribution in [1.29, 1.82) is 0 Å². The van der Waals surface area contributed by atoms with Crippen LogP contribution >= 0.6 is 0 Å². The van der Waals surface area contributed by atoms with Crippen molar-refractivity contribution in [3.63, 3.8) is 0 Å². The summed E-state index contributed by atoms with van der Waals surface area (Å²) in [6, 6.07) is 2.01. The van der Waals surface area contributed by atoms with Crippen molar-refractivity contribution in [2.45, 2.75) is 6.92 Å². The Hall–Kier alpha value is -1.25. The van der Waals surface area contributed by atoms with Crippen LogP contribution in [0.4, 0.5) is 8.78 Å². The third kappa shape index (κ3) is 1.42. The van der Waals surface area contributed by atoms with Crippen LogP contribution in [0.2, 0.25) is 0 Å². The summed E-state index contributed by atoms with van der Waals surface area (Å²) in [6.45, 7) is 1.32. The van der Waals surface area contributed by atoms with Crippen molar-refractivity contribution in [3.05, 3.63) is 34.9 Å². The maximum atomic E-state index is 12.6. The van der Waals surface area contributed by atoms with Crippen LogP contribution < -0.4 is 0 Å². The van der Waals surface area contributed by atoms with Gasteiger partial charge in [0.1, 0.15) is 17.9 Å². The van der Waals surface area contributed by atoms with E-state index < -0.39 is 11.6 Å². The number of rotatable bonds is 1. The van der Waals surface area contributed by atoms with Gasteiger partial charge in [-0.05, 0) is 19.1 Å². The molecular formula is C8H6F2O. The molecule has 1 aromatic carbocycles. The Morgan fingerprint density at radius 3 is 2.09 bits per heavy atom. The highest BCUT2D eigenvalue weighted by molar-refractivity contribution is 5.74. The fraction of sp³-hybridized carbons (Fsp3) is 0.125. The lowest BCUT2D eigenvalue weighted by atomic mass is 10.1. The third-order valence-corrected chi connectivity index (χ3v) is 1.44. The van der Waals surface area contributed by atoms with Crippen molar-refractivity contribution >= 4 is 6.29 Å². The van der Waals surface area contributed by atoms with Gasteiger partial charge in [0.2, 0.25) is 0 Å². The van der Waals surface area contributed by atoms with Crippen LogP contribution in [-0.4, -0.2) is 6.29 Å². The average molecular weight is 156 g/mol. The van der Waals surface area contributed by atoms with E-state index >= 15 is 0 Å². The fourth-order valence-corrected chi connectivity index (χ4v) is 0.733. The Morgan fingerprint density at radius 2 is 1.73 bits per heavy atom. The van der Waals surface area contributed by atoms with E-state index in [1.54, 1.807) is 0 Å². The Bertz CT molecular complexity index is 271. The second kappa shape index (κ2) is 2.78. The molecule has 0 bridgehead atoms. The van der Waals surface area contributed by atoms with Crippen LogP contribution in [0.5, 0.6) is 0 Å². The first-order valence-electron chi connectivity index (χ1n) is 3.06. The van der Waals surface area contributed by atoms with Crippen molar-refractivity contribution in [2.75, 3.05) is 0 Å². The first-order chi connectivity index (χ1) is 5.15. The molecule has 0 spiro atoms. The first-order valence-corrected chi connectivity index (χ1v) is 3.06. The molecule has 0 aliphatic rings. The van der Waals surface area contributed by atoms with E-state index in [2.05, 4.69) is 0 Å². The molecular weight excluding hydrogens is 150 g/mol. The van der Waals surface area contributed by atoms with Gasteiger partial charge >= 0.3 is 0 Å². The zero-order valence-corrected chi connectivity index (χ0v) is 5.90. The predicted octanol–water partition coefficient (Wildman–Crippen LogP) is 2.09. The smallest absolute Gasteiger partial charge is 0.150 e. The van der Waals surface area contributed by atoms with E-state index in [-0.39, 0.29) is 11.1 Å². The van der Waals surface area contributed by atoms with E-state index in [9.17, 15) is 13.6 Å². The molecule has 0 amide bonds. The normalized spacial score (nSPS) is 9.73. The van der Waals surface area contributed by atoms with Gasteiger partial charge in [-0.3, -0.25) is 4.79 Å². The molecule has 0 heterocycles. The minimum absolute atomic E-state index is 0.0191. The van der Waals surface area contributed by atoms with Crippen molar-refractivity contribution < 1.29 is 13.6 Å². The quantitative estimate of drug-likeness (QED) is 0.569. The van der Waals surface area contributed by atoms with E-state index in [1.165, 1.54) is 6.92 Å². The minimum Gasteiger partial charge on any atom is -0.298 e. The molecule has 0 atom stereocenters. The molecule has 0 radical (unpaired) electrons. The molecule has 0 unspecified atom stereocenters. The van der Waals surface area contributed by atoms with Gasteiger partial charge in [0, 0.05) is 11.1 Å². The van der Waals surface area contributed by atoms with E-state index in [0.29, 0.717) is 6.29 Å². The number of benzene rings is 1. The summed E-state index contributed by atoms with van der Waals surface area (Å²) < 4.78 is 25.3. The van der Waals surface area contributed by atoms with Crippen molar-refractivity contribution in [3.8, 4) is 0 Å². The van der Waals surface area contributed by atoms with Gasteiger partial charge in [0.05, 0.1) is 0 Å². The number of hydrogen-bond donors (Lipinski definition) is 0. The molecule has 58 valence electrons. The maximum absolute atomic E-state index is 12.6. The molecule has 0 aliphatic heterocycles. The largest absolute Gasteiger partial charge is 0.298 e. The molecule has 0 saturated carbocycles. The summed E-state index contributed by atoms with van der Waals surface area (Å²) in [5.74, 6) is -1.38. The second-order valence-corrected chi connectivity index (χ2v) is 2.23. The lowest BCUT2D eigenvalue weighted by Crippen LogP contribution is -1.91. The summed E-state index contributed by atoms with van der Waals surface area (Å²) in [6.07, 6.45) is 0.408. The van der Waals surface area contributed by atoms with Crippen LogP contribution in [0.3, 0.4) is 0 Å². The second-order valence-electron chi connectivity index (χ2n) is 2.23. The Morgan fingerprint density at radius 1 is 1.27 bits per heavy atom. The van der Waals surface area contributed by atoms with Gasteiger partial charge < -0.3 is 0 Å². The zero-order valence-electron chi connectivity index (χ0n) is 5.90. The highest BCUT2D eigenvalue weighted by atomic mass is 19.1. The zero-order chi connectivity index (χ0) is 8.43. The Labute approximate surface area is 62.7 Å². The maximum Gasteiger partial charge on any atom is 0.150 e. The molecule has 0 fully saturated rings. The first kappa shape index (κ1) is 7.85. The van der Waals surface area contributed by atoms with Crippen molar-refractivity contribution in [2.24, 2.45) is 0 Å². The molecule has 0 aromatic heterocycles. The number of halogens is 2. The van der Waals surface area contributed by atoms with Crippen LogP contribution in [0.1, 0.15) is 15.9 Å². The molecule has 11 heavy (non-hydrogen) atoms. The van der Waals surface area contributed by atoms with Gasteiger partial charge in [-0.15, -0.1) is 0 Å². The summed E-state index contributed by atoms with van der Waals surface area (Å²) in [7, 11) is 0. The lowest BCUT2D eigenvalue weighted by Gasteiger charge is -1.97. The highest BCUT2D eigenvalue weighted by Crippen LogP contribution is 2.12. The summed E-state index contributed by atoms with van der Waals surface area (Å²) in [4.78, 5) is 10.1. The topological polar surface area (TPSA) is 17.1 Å². The van der Waals surface area contributed by atoms with Crippen LogP contribution in [0.25, 0.3) is 0 Å². The molecule has 0 N–H and O–H groups in total. The van der Waals surface area contributed by atoms with Crippen LogP contribution in [0, 0.1) is 18.6 Å². The van der Waals surface area contributed by atoms with E-state index in [4.69, 9.17) is 0 Å². The highest BCUT2D eigenvalue weighted by Gasteiger charge is 2.05. The molecule has 1 aromatic rings. The molecule has 0 saturated heterocycles. The van der Waals surface area contributed by atoms with Gasteiger partial charge in [0.25, 0.3) is 0 Å². The monoisotopic (exact) mass is 156 g/mol. The third-order valence-electron chi connectivity index (χ3n) is 1.44. The molecule has 1 rings (SSSR count). The van der Waals surface area contributed by atoms with Crippen molar-refractivity contribution in [1.82, 2.24) is 0 Å². The lowest BCUT2D eigenvalue weighted by molar-refractivity contribution is 0.112. The number of hydrogen-bond acceptors (Lipinski definition) is 1. The molecule has 1 nitrogen and oxygen atoms in total. The van der Waals surface area contributed by atoms with Gasteiger partial charge in [-0.2, -0.15) is 0 Å². The summed E-state index contributed by atoms with van der Waals surface area (Å²) >= 11 is 0. The van der Waals surface area contributed by atoms with E-state index in [1.807, 2.05) is 0 Å². The van der Waals surface area contributed by atoms with E-state index in [0.717, 1.165) is 12.1 Å². The Kier molecular flexibility index (Phi) is 1.98. The minimum atomic E-state index is -0.688. The SMILES string of the molecule is Cc1c(F)cc(C=O)cc1F. The van der Waals surface area contributed by atoms with Crippen LogP contribution in [-0.2, 0) is 0 Å². The number of carbonyl (C=O) groups excluding carboxylic acids is 1. The van der Waals surface area contributed by atoms with Crippen LogP contribution in [0.15, 0.2) is 12.1 Å². The molecule has 3 heteroatoms. The fourth-order valence-electron chi connectivity index (χ4n) is 0.733. The van der Waals surface area contributed by atoms with Gasteiger partial charge in [0.15, 0.2) is 0 Å². The number of aldehydes is 1. The summed E-state index contributed by atoms with van der Waals surface area (Å²) in [5, 5.41) is 0. The standard InChI is InChI=1S/C8H6F2O/c1-5-7(9)2-6(4-11)3-8(5)10/h2-4H,1H3. The average Bonchev–Trinajstić information content (AvgIpc) is 1.99. The summed E-state index contributed by atoms with van der Waals surface area (Å²) in [5.41, 5.74) is -0.0406. The Balaban J connectivity index is 3.31.